The topological polar surface area (TPSA) is 38.8 Å². The highest BCUT2D eigenvalue weighted by Crippen LogP contribution is 2.64. The van der Waals surface area contributed by atoms with Crippen molar-refractivity contribution in [1.29, 1.82) is 0 Å². The maximum absolute atomic E-state index is 11.4. The first-order valence-corrected chi connectivity index (χ1v) is 5.24. The van der Waals surface area contributed by atoms with E-state index in [0.717, 1.165) is 12.8 Å². The van der Waals surface area contributed by atoms with Crippen LogP contribution in [0.2, 0.25) is 0 Å². The Morgan fingerprint density at radius 1 is 1.50 bits per heavy atom. The molecule has 1 aliphatic heterocycles. The molecule has 0 aromatic carbocycles. The molecule has 0 bridgehead atoms. The van der Waals surface area contributed by atoms with Crippen LogP contribution in [0.25, 0.3) is 0 Å². The van der Waals surface area contributed by atoms with Crippen LogP contribution in [0.3, 0.4) is 0 Å². The maximum atomic E-state index is 11.4. The third-order valence-corrected chi connectivity index (χ3v) is 3.93. The standard InChI is InChI=1S/C11H18O3/c1-7(2)8-5-11(6-8)10(3,14-11)9(12)13-4/h7-8H,5-6H2,1-4H3. The molecule has 0 aromatic rings. The Morgan fingerprint density at radius 3 is 2.50 bits per heavy atom. The fraction of sp³-hybridized carbons (Fsp3) is 0.909. The molecule has 1 aliphatic carbocycles. The summed E-state index contributed by atoms with van der Waals surface area (Å²) in [5.74, 6) is 1.17. The first-order chi connectivity index (χ1) is 6.45. The van der Waals surface area contributed by atoms with Crippen LogP contribution in [0.5, 0.6) is 0 Å². The van der Waals surface area contributed by atoms with Crippen molar-refractivity contribution in [3.63, 3.8) is 0 Å². The summed E-state index contributed by atoms with van der Waals surface area (Å²) in [6.07, 6.45) is 2.02. The van der Waals surface area contributed by atoms with Gasteiger partial charge < -0.3 is 9.47 Å². The molecule has 1 unspecified atom stereocenters. The first-order valence-electron chi connectivity index (χ1n) is 5.24. The van der Waals surface area contributed by atoms with Crippen molar-refractivity contribution in [2.45, 2.75) is 44.8 Å². The SMILES string of the molecule is COC(=O)C1(C)OC12CC(C(C)C)C2. The number of rotatable bonds is 2. The molecule has 1 saturated carbocycles. The third-order valence-electron chi connectivity index (χ3n) is 3.93. The lowest BCUT2D eigenvalue weighted by molar-refractivity contribution is -0.146. The Labute approximate surface area is 84.8 Å². The van der Waals surface area contributed by atoms with E-state index < -0.39 is 5.60 Å². The number of hydrogen-bond acceptors (Lipinski definition) is 3. The molecule has 2 rings (SSSR count). The number of hydrogen-bond donors (Lipinski definition) is 0. The summed E-state index contributed by atoms with van der Waals surface area (Å²) < 4.78 is 10.3. The van der Waals surface area contributed by atoms with Crippen LogP contribution in [0.4, 0.5) is 0 Å². The fourth-order valence-electron chi connectivity index (χ4n) is 2.52. The van der Waals surface area contributed by atoms with Crippen molar-refractivity contribution in [2.75, 3.05) is 7.11 Å². The minimum Gasteiger partial charge on any atom is -0.467 e. The Bertz CT molecular complexity index is 266. The highest BCUT2D eigenvalue weighted by Gasteiger charge is 2.77. The maximum Gasteiger partial charge on any atom is 0.340 e. The monoisotopic (exact) mass is 198 g/mol. The van der Waals surface area contributed by atoms with Crippen LogP contribution >= 0.6 is 0 Å². The molecule has 0 radical (unpaired) electrons. The van der Waals surface area contributed by atoms with Gasteiger partial charge in [-0.25, -0.2) is 4.79 Å². The average Bonchev–Trinajstić information content (AvgIpc) is 2.69. The summed E-state index contributed by atoms with van der Waals surface area (Å²) in [6, 6.07) is 0. The number of esters is 1. The smallest absolute Gasteiger partial charge is 0.340 e. The van der Waals surface area contributed by atoms with Crippen molar-refractivity contribution in [2.24, 2.45) is 11.8 Å². The number of carbonyl (C=O) groups is 1. The van der Waals surface area contributed by atoms with Gasteiger partial charge in [0, 0.05) is 0 Å². The van der Waals surface area contributed by atoms with Gasteiger partial charge in [-0.3, -0.25) is 0 Å². The van der Waals surface area contributed by atoms with Crippen molar-refractivity contribution in [1.82, 2.24) is 0 Å². The molecule has 0 aromatic heterocycles. The van der Waals surface area contributed by atoms with Gasteiger partial charge in [-0.15, -0.1) is 0 Å². The molecule has 0 N–H and O–H groups in total. The zero-order valence-electron chi connectivity index (χ0n) is 9.29. The van der Waals surface area contributed by atoms with Crippen molar-refractivity contribution < 1.29 is 14.3 Å². The highest BCUT2D eigenvalue weighted by atomic mass is 16.7. The molecule has 1 spiro atoms. The second-order valence-corrected chi connectivity index (χ2v) is 5.03. The second kappa shape index (κ2) is 2.72. The second-order valence-electron chi connectivity index (χ2n) is 5.03. The summed E-state index contributed by atoms with van der Waals surface area (Å²) in [7, 11) is 1.42. The third kappa shape index (κ3) is 1.05. The van der Waals surface area contributed by atoms with Gasteiger partial charge >= 0.3 is 5.97 Å². The van der Waals surface area contributed by atoms with E-state index >= 15 is 0 Å². The normalized spacial score (nSPS) is 45.1. The summed E-state index contributed by atoms with van der Waals surface area (Å²) in [5.41, 5.74) is -0.817. The molecular weight excluding hydrogens is 180 g/mol. The first kappa shape index (κ1) is 9.97. The van der Waals surface area contributed by atoms with Gasteiger partial charge in [0.25, 0.3) is 0 Å². The van der Waals surface area contributed by atoms with E-state index in [1.165, 1.54) is 7.11 Å². The fourth-order valence-corrected chi connectivity index (χ4v) is 2.52. The van der Waals surface area contributed by atoms with Gasteiger partial charge in [0.1, 0.15) is 5.60 Å². The zero-order chi connectivity index (χ0) is 10.6. The van der Waals surface area contributed by atoms with Crippen LogP contribution in [0.1, 0.15) is 33.6 Å². The van der Waals surface area contributed by atoms with E-state index in [2.05, 4.69) is 13.8 Å². The quantitative estimate of drug-likeness (QED) is 0.501. The summed E-state index contributed by atoms with van der Waals surface area (Å²) >= 11 is 0. The van der Waals surface area contributed by atoms with E-state index in [1.54, 1.807) is 0 Å². The Kier molecular flexibility index (Phi) is 1.94. The van der Waals surface area contributed by atoms with Gasteiger partial charge in [0.15, 0.2) is 5.60 Å². The van der Waals surface area contributed by atoms with E-state index in [9.17, 15) is 4.79 Å². The van der Waals surface area contributed by atoms with Gasteiger partial charge in [0.2, 0.25) is 0 Å². The molecule has 80 valence electrons. The minimum atomic E-state index is -0.646. The summed E-state index contributed by atoms with van der Waals surface area (Å²) in [6.45, 7) is 6.28. The molecule has 0 amide bonds. The number of methoxy groups -OCH3 is 1. The van der Waals surface area contributed by atoms with E-state index in [1.807, 2.05) is 6.92 Å². The van der Waals surface area contributed by atoms with Gasteiger partial charge in [0.05, 0.1) is 7.11 Å². The predicted octanol–water partition coefficient (Wildman–Crippen LogP) is 1.75. The van der Waals surface area contributed by atoms with Crippen molar-refractivity contribution in [3.05, 3.63) is 0 Å². The predicted molar refractivity (Wildman–Crippen MR) is 51.8 cm³/mol. The lowest BCUT2D eigenvalue weighted by atomic mass is 9.65. The van der Waals surface area contributed by atoms with Gasteiger partial charge in [-0.2, -0.15) is 0 Å². The number of carbonyl (C=O) groups excluding carboxylic acids is 1. The van der Waals surface area contributed by atoms with Crippen LogP contribution in [0, 0.1) is 11.8 Å². The molecule has 2 fully saturated rings. The van der Waals surface area contributed by atoms with Crippen LogP contribution < -0.4 is 0 Å². The molecule has 14 heavy (non-hydrogen) atoms. The minimum absolute atomic E-state index is 0.172. The molecule has 3 nitrogen and oxygen atoms in total. The zero-order valence-corrected chi connectivity index (χ0v) is 9.29. The lowest BCUT2D eigenvalue weighted by Crippen LogP contribution is -2.43. The van der Waals surface area contributed by atoms with E-state index in [4.69, 9.17) is 9.47 Å². The molecular formula is C11H18O3. The largest absolute Gasteiger partial charge is 0.467 e. The Hall–Kier alpha value is -0.570. The van der Waals surface area contributed by atoms with E-state index in [-0.39, 0.29) is 11.6 Å². The summed E-state index contributed by atoms with van der Waals surface area (Å²) in [4.78, 5) is 11.4. The van der Waals surface area contributed by atoms with Crippen LogP contribution in [0.15, 0.2) is 0 Å². The molecule has 1 saturated heterocycles. The van der Waals surface area contributed by atoms with Crippen LogP contribution in [-0.2, 0) is 14.3 Å². The lowest BCUT2D eigenvalue weighted by Gasteiger charge is -2.37. The molecule has 2 aliphatic rings. The number of epoxide rings is 1. The number of ether oxygens (including phenoxy) is 2. The Morgan fingerprint density at radius 2 is 2.07 bits per heavy atom. The average molecular weight is 198 g/mol. The molecule has 1 heterocycles. The van der Waals surface area contributed by atoms with Crippen molar-refractivity contribution in [3.8, 4) is 0 Å². The summed E-state index contributed by atoms with van der Waals surface area (Å²) in [5, 5.41) is 0. The highest BCUT2D eigenvalue weighted by molar-refractivity contribution is 5.84. The Balaban J connectivity index is 1.97. The van der Waals surface area contributed by atoms with Gasteiger partial charge in [-0.05, 0) is 31.6 Å². The van der Waals surface area contributed by atoms with E-state index in [0.29, 0.717) is 11.8 Å². The van der Waals surface area contributed by atoms with Crippen LogP contribution in [-0.4, -0.2) is 24.3 Å². The van der Waals surface area contributed by atoms with Gasteiger partial charge in [-0.1, -0.05) is 13.8 Å². The molecule has 3 heteroatoms. The molecule has 1 atom stereocenters. The van der Waals surface area contributed by atoms with Crippen molar-refractivity contribution >= 4 is 5.97 Å².